The summed E-state index contributed by atoms with van der Waals surface area (Å²) >= 11 is -1.05. The minimum atomic E-state index is -1.05. The topological polar surface area (TPSA) is 9.23 Å². The van der Waals surface area contributed by atoms with Gasteiger partial charge in [0.25, 0.3) is 0 Å². The first-order valence-corrected chi connectivity index (χ1v) is 8.95. The van der Waals surface area contributed by atoms with Crippen LogP contribution >= 0.6 is 0 Å². The van der Waals surface area contributed by atoms with E-state index in [4.69, 9.17) is 3.79 Å². The normalized spacial score (nSPS) is 11.8. The zero-order valence-electron chi connectivity index (χ0n) is 11.0. The van der Waals surface area contributed by atoms with Gasteiger partial charge in [-0.2, -0.15) is 0 Å². The van der Waals surface area contributed by atoms with E-state index in [1.54, 1.807) is 0 Å². The first kappa shape index (κ1) is 12.6. The van der Waals surface area contributed by atoms with Crippen LogP contribution in [0.2, 0.25) is 11.6 Å². The Kier molecular flexibility index (Phi) is 3.59. The average molecular weight is 242 g/mol. The Morgan fingerprint density at radius 2 is 1.59 bits per heavy atom. The van der Waals surface area contributed by atoms with E-state index in [1.165, 1.54) is 16.3 Å². The van der Waals surface area contributed by atoms with Gasteiger partial charge in [0.05, 0.1) is 5.60 Å². The SMILES string of the molecule is [CH3][Al]([CH3])[O]C(C)(C)c1cccc2ccccc12. The van der Waals surface area contributed by atoms with Gasteiger partial charge in [-0.1, -0.05) is 54.0 Å². The van der Waals surface area contributed by atoms with Gasteiger partial charge in [-0.15, -0.1) is 0 Å². The second-order valence-corrected chi connectivity index (χ2v) is 7.54. The Labute approximate surface area is 108 Å². The summed E-state index contributed by atoms with van der Waals surface area (Å²) in [5, 5.41) is 2.58. The molecule has 2 aromatic rings. The van der Waals surface area contributed by atoms with E-state index >= 15 is 0 Å². The van der Waals surface area contributed by atoms with Crippen LogP contribution < -0.4 is 0 Å². The molecule has 0 aromatic heterocycles. The predicted molar refractivity (Wildman–Crippen MR) is 75.5 cm³/mol. The van der Waals surface area contributed by atoms with Crippen LogP contribution in [-0.2, 0) is 9.39 Å². The van der Waals surface area contributed by atoms with Gasteiger partial charge >= 0.3 is 14.5 Å². The molecule has 0 aliphatic carbocycles. The van der Waals surface area contributed by atoms with Crippen LogP contribution in [0.3, 0.4) is 0 Å². The van der Waals surface area contributed by atoms with Gasteiger partial charge in [0, 0.05) is 0 Å². The first-order chi connectivity index (χ1) is 8.00. The summed E-state index contributed by atoms with van der Waals surface area (Å²) in [6.45, 7) is 4.34. The quantitative estimate of drug-likeness (QED) is 0.727. The fourth-order valence-electron chi connectivity index (χ4n) is 2.40. The fourth-order valence-corrected chi connectivity index (χ4v) is 3.71. The molecule has 0 spiro atoms. The van der Waals surface area contributed by atoms with Crippen molar-refractivity contribution < 1.29 is 3.79 Å². The van der Waals surface area contributed by atoms with Crippen molar-refractivity contribution in [2.24, 2.45) is 0 Å². The maximum absolute atomic E-state index is 6.17. The van der Waals surface area contributed by atoms with Crippen molar-refractivity contribution in [1.29, 1.82) is 0 Å². The molecule has 1 nitrogen and oxygen atoms in total. The molecule has 0 aliphatic rings. The summed E-state index contributed by atoms with van der Waals surface area (Å²) in [7, 11) is 0. The van der Waals surface area contributed by atoms with E-state index in [-0.39, 0.29) is 5.60 Å². The molecular formula is C15H19AlO. The van der Waals surface area contributed by atoms with E-state index in [9.17, 15) is 0 Å². The second kappa shape index (κ2) is 4.82. The largest absolute Gasteiger partial charge is 0.493 e. The van der Waals surface area contributed by atoms with Crippen LogP contribution in [0, 0.1) is 0 Å². The molecule has 0 aliphatic heterocycles. The first-order valence-electron chi connectivity index (χ1n) is 6.17. The molecule has 88 valence electrons. The Bertz CT molecular complexity index is 512. The van der Waals surface area contributed by atoms with Crippen molar-refractivity contribution in [2.45, 2.75) is 31.0 Å². The van der Waals surface area contributed by atoms with Crippen molar-refractivity contribution in [1.82, 2.24) is 0 Å². The molecule has 0 saturated carbocycles. The van der Waals surface area contributed by atoms with Crippen molar-refractivity contribution in [2.75, 3.05) is 0 Å². The molecule has 2 rings (SSSR count). The lowest BCUT2D eigenvalue weighted by Crippen LogP contribution is -2.27. The maximum Gasteiger partial charge on any atom is 0.454 e. The summed E-state index contributed by atoms with van der Waals surface area (Å²) in [6.07, 6.45) is 0. The highest BCUT2D eigenvalue weighted by molar-refractivity contribution is 6.48. The predicted octanol–water partition coefficient (Wildman–Crippen LogP) is 4.34. The molecule has 0 amide bonds. The molecule has 0 radical (unpaired) electrons. The summed E-state index contributed by atoms with van der Waals surface area (Å²) < 4.78 is 6.17. The van der Waals surface area contributed by atoms with Crippen molar-refractivity contribution in [3.05, 3.63) is 48.0 Å². The minimum absolute atomic E-state index is 0.193. The Morgan fingerprint density at radius 3 is 2.29 bits per heavy atom. The smallest absolute Gasteiger partial charge is 0.454 e. The van der Waals surface area contributed by atoms with Gasteiger partial charge in [0.2, 0.25) is 0 Å². The summed E-state index contributed by atoms with van der Waals surface area (Å²) in [4.78, 5) is 0. The Balaban J connectivity index is 2.55. The Hall–Kier alpha value is -0.808. The van der Waals surface area contributed by atoms with E-state index in [0.29, 0.717) is 0 Å². The standard InChI is InChI=1S/C13H13O.2CH3.Al/c1-13(2,14)12-9-5-7-10-6-3-4-8-11(10)12;;;/h3-9H,1-2H3;2*1H3;/q-1;;;+1. The van der Waals surface area contributed by atoms with Crippen LogP contribution in [0.15, 0.2) is 42.5 Å². The van der Waals surface area contributed by atoms with Crippen molar-refractivity contribution in [3.8, 4) is 0 Å². The number of benzene rings is 2. The number of hydrogen-bond acceptors (Lipinski definition) is 1. The number of fused-ring (bicyclic) bond motifs is 1. The zero-order valence-corrected chi connectivity index (χ0v) is 12.2. The fraction of sp³-hybridized carbons (Fsp3) is 0.333. The average Bonchev–Trinajstić information content (AvgIpc) is 2.26. The molecule has 0 bridgehead atoms. The molecule has 0 saturated heterocycles. The zero-order chi connectivity index (χ0) is 12.5. The van der Waals surface area contributed by atoms with Gasteiger partial charge in [0.1, 0.15) is 0 Å². The summed E-state index contributed by atoms with van der Waals surface area (Å²) in [5.74, 6) is 4.43. The van der Waals surface area contributed by atoms with Crippen molar-refractivity contribution in [3.63, 3.8) is 0 Å². The van der Waals surface area contributed by atoms with Gasteiger partial charge in [0.15, 0.2) is 0 Å². The molecular weight excluding hydrogens is 223 g/mol. The van der Waals surface area contributed by atoms with E-state index in [0.717, 1.165) is 0 Å². The summed E-state index contributed by atoms with van der Waals surface area (Å²) in [5.41, 5.74) is 1.10. The van der Waals surface area contributed by atoms with Crippen LogP contribution in [0.5, 0.6) is 0 Å². The monoisotopic (exact) mass is 242 g/mol. The molecule has 0 N–H and O–H groups in total. The lowest BCUT2D eigenvalue weighted by atomic mass is 9.93. The van der Waals surface area contributed by atoms with Gasteiger partial charge < -0.3 is 3.79 Å². The van der Waals surface area contributed by atoms with Gasteiger partial charge in [-0.3, -0.25) is 0 Å². The lowest BCUT2D eigenvalue weighted by molar-refractivity contribution is 0.111. The van der Waals surface area contributed by atoms with Crippen LogP contribution in [0.25, 0.3) is 10.8 Å². The number of rotatable bonds is 3. The van der Waals surface area contributed by atoms with Crippen LogP contribution in [-0.4, -0.2) is 14.5 Å². The highest BCUT2D eigenvalue weighted by Gasteiger charge is 2.25. The molecule has 0 heterocycles. The third-order valence-corrected chi connectivity index (χ3v) is 4.03. The highest BCUT2D eigenvalue weighted by atomic mass is 27.2. The Morgan fingerprint density at radius 1 is 0.941 bits per heavy atom. The van der Waals surface area contributed by atoms with Crippen molar-refractivity contribution >= 4 is 25.3 Å². The van der Waals surface area contributed by atoms with Gasteiger partial charge in [-0.05, 0) is 30.2 Å². The summed E-state index contributed by atoms with van der Waals surface area (Å²) in [6, 6.07) is 15.0. The van der Waals surface area contributed by atoms with Gasteiger partial charge in [-0.25, -0.2) is 0 Å². The van der Waals surface area contributed by atoms with E-state index < -0.39 is 14.5 Å². The third-order valence-electron chi connectivity index (χ3n) is 2.97. The second-order valence-electron chi connectivity index (χ2n) is 5.20. The maximum atomic E-state index is 6.17. The number of hydrogen-bond donors (Lipinski definition) is 0. The molecule has 0 fully saturated rings. The minimum Gasteiger partial charge on any atom is -0.493 e. The molecule has 0 unspecified atom stereocenters. The molecule has 2 heteroatoms. The highest BCUT2D eigenvalue weighted by Crippen LogP contribution is 2.31. The molecule has 17 heavy (non-hydrogen) atoms. The van der Waals surface area contributed by atoms with Crippen LogP contribution in [0.1, 0.15) is 19.4 Å². The van der Waals surface area contributed by atoms with E-state index in [1.807, 2.05) is 0 Å². The molecule has 0 atom stereocenters. The molecule has 2 aromatic carbocycles. The van der Waals surface area contributed by atoms with Crippen LogP contribution in [0.4, 0.5) is 0 Å². The third kappa shape index (κ3) is 2.72. The lowest BCUT2D eigenvalue weighted by Gasteiger charge is -2.30. The van der Waals surface area contributed by atoms with E-state index in [2.05, 4.69) is 67.9 Å².